The van der Waals surface area contributed by atoms with Gasteiger partial charge in [0.2, 0.25) is 0 Å². The van der Waals surface area contributed by atoms with Gasteiger partial charge in [-0.15, -0.1) is 0 Å². The SMILES string of the molecule is O=P(c1ccccc1)(c1ccccc1)c1cccc2ccc3ccccc3c12. The number of hydrogen-bond donors (Lipinski definition) is 0. The summed E-state index contributed by atoms with van der Waals surface area (Å²) >= 11 is 0. The quantitative estimate of drug-likeness (QED) is 0.294. The molecule has 5 rings (SSSR count). The van der Waals surface area contributed by atoms with E-state index in [2.05, 4.69) is 36.4 Å². The first-order valence-corrected chi connectivity index (χ1v) is 11.1. The predicted molar refractivity (Wildman–Crippen MR) is 121 cm³/mol. The number of fused-ring (bicyclic) bond motifs is 3. The van der Waals surface area contributed by atoms with Crippen molar-refractivity contribution in [1.29, 1.82) is 0 Å². The Morgan fingerprint density at radius 2 is 1.00 bits per heavy atom. The van der Waals surface area contributed by atoms with E-state index in [1.165, 1.54) is 0 Å². The van der Waals surface area contributed by atoms with Crippen molar-refractivity contribution in [3.8, 4) is 0 Å². The van der Waals surface area contributed by atoms with Gasteiger partial charge in [0.15, 0.2) is 7.14 Å². The highest BCUT2D eigenvalue weighted by Crippen LogP contribution is 2.45. The molecule has 0 unspecified atom stereocenters. The molecule has 2 heteroatoms. The van der Waals surface area contributed by atoms with Crippen LogP contribution >= 0.6 is 7.14 Å². The van der Waals surface area contributed by atoms with Crippen LogP contribution in [-0.4, -0.2) is 0 Å². The van der Waals surface area contributed by atoms with Crippen LogP contribution in [0.25, 0.3) is 21.5 Å². The Kier molecular flexibility index (Phi) is 4.11. The highest BCUT2D eigenvalue weighted by Gasteiger charge is 2.31. The van der Waals surface area contributed by atoms with Crippen LogP contribution < -0.4 is 15.9 Å². The van der Waals surface area contributed by atoms with Crippen LogP contribution in [-0.2, 0) is 4.57 Å². The van der Waals surface area contributed by atoms with Crippen molar-refractivity contribution >= 4 is 44.6 Å². The second kappa shape index (κ2) is 6.78. The van der Waals surface area contributed by atoms with Gasteiger partial charge in [0.05, 0.1) is 0 Å². The lowest BCUT2D eigenvalue weighted by molar-refractivity contribution is 0.592. The van der Waals surface area contributed by atoms with E-state index in [9.17, 15) is 4.57 Å². The monoisotopic (exact) mass is 378 g/mol. The number of benzene rings is 5. The van der Waals surface area contributed by atoms with Gasteiger partial charge >= 0.3 is 0 Å². The fourth-order valence-electron chi connectivity index (χ4n) is 4.00. The smallest absolute Gasteiger partial charge is 0.171 e. The van der Waals surface area contributed by atoms with Crippen LogP contribution in [0.15, 0.2) is 115 Å². The molecule has 0 atom stereocenters. The van der Waals surface area contributed by atoms with Crippen LogP contribution in [0.4, 0.5) is 0 Å². The van der Waals surface area contributed by atoms with Crippen LogP contribution in [0.1, 0.15) is 0 Å². The van der Waals surface area contributed by atoms with Crippen molar-refractivity contribution in [2.24, 2.45) is 0 Å². The van der Waals surface area contributed by atoms with Crippen LogP contribution in [0.5, 0.6) is 0 Å². The van der Waals surface area contributed by atoms with Gasteiger partial charge in [-0.1, -0.05) is 115 Å². The first-order chi connectivity index (χ1) is 13.8. The third-order valence-electron chi connectivity index (χ3n) is 5.33. The summed E-state index contributed by atoms with van der Waals surface area (Å²) in [5.74, 6) is 0. The van der Waals surface area contributed by atoms with Gasteiger partial charge in [-0.2, -0.15) is 0 Å². The summed E-state index contributed by atoms with van der Waals surface area (Å²) < 4.78 is 14.9. The predicted octanol–water partition coefficient (Wildman–Crippen LogP) is 5.63. The van der Waals surface area contributed by atoms with Gasteiger partial charge in [0.25, 0.3) is 0 Å². The van der Waals surface area contributed by atoms with Crippen LogP contribution in [0.3, 0.4) is 0 Å². The highest BCUT2D eigenvalue weighted by atomic mass is 31.2. The fourth-order valence-corrected chi connectivity index (χ4v) is 6.90. The molecule has 0 radical (unpaired) electrons. The maximum atomic E-state index is 14.9. The van der Waals surface area contributed by atoms with Gasteiger partial charge in [0, 0.05) is 21.3 Å². The minimum atomic E-state index is -3.03. The van der Waals surface area contributed by atoms with Crippen LogP contribution in [0, 0.1) is 0 Å². The van der Waals surface area contributed by atoms with E-state index in [4.69, 9.17) is 0 Å². The van der Waals surface area contributed by atoms with Gasteiger partial charge in [-0.25, -0.2) is 0 Å². The highest BCUT2D eigenvalue weighted by molar-refractivity contribution is 7.85. The Hall–Kier alpha value is -3.15. The molecule has 5 aromatic carbocycles. The van der Waals surface area contributed by atoms with E-state index in [1.54, 1.807) is 0 Å². The minimum absolute atomic E-state index is 0.863. The lowest BCUT2D eigenvalue weighted by Gasteiger charge is -2.22. The molecular weight excluding hydrogens is 359 g/mol. The van der Waals surface area contributed by atoms with Gasteiger partial charge in [0.1, 0.15) is 0 Å². The van der Waals surface area contributed by atoms with Gasteiger partial charge in [-0.05, 0) is 16.2 Å². The molecule has 1 nitrogen and oxygen atoms in total. The Labute approximate surface area is 164 Å². The zero-order chi connectivity index (χ0) is 19.0. The van der Waals surface area contributed by atoms with Crippen molar-refractivity contribution in [2.45, 2.75) is 0 Å². The largest absolute Gasteiger partial charge is 0.309 e. The van der Waals surface area contributed by atoms with E-state index < -0.39 is 7.14 Å². The standard InChI is InChI=1S/C26H19OP/c27-28(22-12-3-1-4-13-22,23-14-5-2-6-15-23)25-17-9-11-21-19-18-20-10-7-8-16-24(20)26(21)25/h1-19H. The van der Waals surface area contributed by atoms with E-state index in [0.29, 0.717) is 0 Å². The van der Waals surface area contributed by atoms with Crippen molar-refractivity contribution < 1.29 is 4.57 Å². The molecule has 134 valence electrons. The summed E-state index contributed by atoms with van der Waals surface area (Å²) in [6, 6.07) is 38.5. The third-order valence-corrected chi connectivity index (χ3v) is 8.43. The lowest BCUT2D eigenvalue weighted by atomic mass is 10.0. The summed E-state index contributed by atoms with van der Waals surface area (Å²) in [5.41, 5.74) is 0. The Morgan fingerprint density at radius 1 is 0.464 bits per heavy atom. The molecule has 0 saturated carbocycles. The summed E-state index contributed by atoms with van der Waals surface area (Å²) in [7, 11) is -3.03. The van der Waals surface area contributed by atoms with Crippen molar-refractivity contribution in [3.63, 3.8) is 0 Å². The molecule has 28 heavy (non-hydrogen) atoms. The van der Waals surface area contributed by atoms with Crippen molar-refractivity contribution in [1.82, 2.24) is 0 Å². The average molecular weight is 378 g/mol. The van der Waals surface area contributed by atoms with E-state index >= 15 is 0 Å². The van der Waals surface area contributed by atoms with E-state index in [1.807, 2.05) is 78.9 Å². The normalized spacial score (nSPS) is 11.7. The molecule has 0 N–H and O–H groups in total. The Bertz CT molecular complexity index is 1280. The Morgan fingerprint density at radius 3 is 1.68 bits per heavy atom. The first kappa shape index (κ1) is 17.0. The molecular formula is C26H19OP. The topological polar surface area (TPSA) is 17.1 Å². The second-order valence-electron chi connectivity index (χ2n) is 6.94. The van der Waals surface area contributed by atoms with Crippen molar-refractivity contribution in [2.75, 3.05) is 0 Å². The fraction of sp³-hybridized carbons (Fsp3) is 0. The van der Waals surface area contributed by atoms with E-state index in [0.717, 1.165) is 37.5 Å². The molecule has 0 aliphatic carbocycles. The second-order valence-corrected chi connectivity index (χ2v) is 9.68. The molecule has 0 aromatic heterocycles. The molecule has 0 spiro atoms. The lowest BCUT2D eigenvalue weighted by Crippen LogP contribution is -2.25. The average Bonchev–Trinajstić information content (AvgIpc) is 2.79. The zero-order valence-corrected chi connectivity index (χ0v) is 16.2. The molecule has 5 aromatic rings. The molecule has 0 saturated heterocycles. The third kappa shape index (κ3) is 2.59. The minimum Gasteiger partial charge on any atom is -0.309 e. The van der Waals surface area contributed by atoms with Gasteiger partial charge in [-0.3, -0.25) is 0 Å². The first-order valence-electron chi connectivity index (χ1n) is 9.41. The van der Waals surface area contributed by atoms with Crippen LogP contribution in [0.2, 0.25) is 0 Å². The number of hydrogen-bond acceptors (Lipinski definition) is 1. The maximum absolute atomic E-state index is 14.9. The summed E-state index contributed by atoms with van der Waals surface area (Å²) in [6.07, 6.45) is 0. The number of rotatable bonds is 3. The molecule has 0 aliphatic rings. The summed E-state index contributed by atoms with van der Waals surface area (Å²) in [6.45, 7) is 0. The molecule has 0 heterocycles. The molecule has 0 bridgehead atoms. The van der Waals surface area contributed by atoms with E-state index in [-0.39, 0.29) is 0 Å². The summed E-state index contributed by atoms with van der Waals surface area (Å²) in [5, 5.41) is 7.13. The van der Waals surface area contributed by atoms with Crippen molar-refractivity contribution in [3.05, 3.63) is 115 Å². The van der Waals surface area contributed by atoms with Gasteiger partial charge < -0.3 is 4.57 Å². The molecule has 0 aliphatic heterocycles. The zero-order valence-electron chi connectivity index (χ0n) is 15.3. The Balaban J connectivity index is 1.95. The summed E-state index contributed by atoms with van der Waals surface area (Å²) in [4.78, 5) is 0. The molecule has 0 fully saturated rings. The maximum Gasteiger partial charge on any atom is 0.171 e. The molecule has 0 amide bonds.